The second kappa shape index (κ2) is 6.03. The largest absolute Gasteiger partial charge is 0.321 e. The molecule has 16 heavy (non-hydrogen) atoms. The van der Waals surface area contributed by atoms with Crippen molar-refractivity contribution in [3.05, 3.63) is 15.6 Å². The van der Waals surface area contributed by atoms with Gasteiger partial charge in [-0.1, -0.05) is 20.3 Å². The summed E-state index contributed by atoms with van der Waals surface area (Å²) in [6.45, 7) is 8.50. The number of aryl methyl sites for hydroxylation is 1. The molecule has 1 heterocycles. The molecule has 2 nitrogen and oxygen atoms in total. The molecule has 0 aliphatic rings. The molecule has 0 radical (unpaired) electrons. The van der Waals surface area contributed by atoms with E-state index >= 15 is 0 Å². The average molecular weight is 258 g/mol. The van der Waals surface area contributed by atoms with Gasteiger partial charge < -0.3 is 5.73 Å². The molecule has 0 spiro atoms. The van der Waals surface area contributed by atoms with Gasteiger partial charge in [0, 0.05) is 16.2 Å². The highest BCUT2D eigenvalue weighted by molar-refractivity contribution is 7.98. The molecule has 0 bridgehead atoms. The first-order chi connectivity index (χ1) is 7.49. The first kappa shape index (κ1) is 14.0. The van der Waals surface area contributed by atoms with E-state index in [0.29, 0.717) is 0 Å². The number of nitrogens with zero attached hydrogens (tertiary/aromatic N) is 1. The Labute approximate surface area is 107 Å². The van der Waals surface area contributed by atoms with E-state index in [2.05, 4.69) is 27.7 Å². The molecular weight excluding hydrogens is 236 g/mol. The number of aromatic nitrogens is 1. The lowest BCUT2D eigenvalue weighted by Gasteiger charge is -2.17. The fraction of sp³-hybridized carbons (Fsp3) is 0.750. The Morgan fingerprint density at radius 3 is 2.56 bits per heavy atom. The monoisotopic (exact) mass is 258 g/mol. The summed E-state index contributed by atoms with van der Waals surface area (Å²) in [5.74, 6) is 2.16. The van der Waals surface area contributed by atoms with Gasteiger partial charge in [0.2, 0.25) is 0 Å². The van der Waals surface area contributed by atoms with E-state index in [1.807, 2.05) is 11.8 Å². The number of thiazole rings is 1. The summed E-state index contributed by atoms with van der Waals surface area (Å²) in [5.41, 5.74) is 7.16. The predicted molar refractivity (Wildman–Crippen MR) is 75.2 cm³/mol. The van der Waals surface area contributed by atoms with Crippen LogP contribution in [0.5, 0.6) is 0 Å². The third-order valence-electron chi connectivity index (χ3n) is 2.24. The normalized spacial score (nSPS) is 12.1. The summed E-state index contributed by atoms with van der Waals surface area (Å²) >= 11 is 3.71. The fourth-order valence-electron chi connectivity index (χ4n) is 1.56. The van der Waals surface area contributed by atoms with Crippen molar-refractivity contribution < 1.29 is 0 Å². The fourth-order valence-corrected chi connectivity index (χ4v) is 3.41. The van der Waals surface area contributed by atoms with E-state index in [4.69, 9.17) is 10.7 Å². The Balaban J connectivity index is 2.91. The SMILES string of the molecule is CCCc1nc(CSCC)sc1C(C)(C)N. The van der Waals surface area contributed by atoms with Gasteiger partial charge in [-0.05, 0) is 26.0 Å². The van der Waals surface area contributed by atoms with E-state index in [9.17, 15) is 0 Å². The van der Waals surface area contributed by atoms with Gasteiger partial charge in [0.15, 0.2) is 0 Å². The summed E-state index contributed by atoms with van der Waals surface area (Å²) < 4.78 is 0. The maximum atomic E-state index is 6.19. The van der Waals surface area contributed by atoms with Crippen LogP contribution in [0.3, 0.4) is 0 Å². The van der Waals surface area contributed by atoms with Gasteiger partial charge in [-0.15, -0.1) is 11.3 Å². The van der Waals surface area contributed by atoms with Crippen LogP contribution < -0.4 is 5.73 Å². The van der Waals surface area contributed by atoms with E-state index in [0.717, 1.165) is 24.3 Å². The van der Waals surface area contributed by atoms with Crippen LogP contribution >= 0.6 is 23.1 Å². The lowest BCUT2D eigenvalue weighted by atomic mass is 10.0. The van der Waals surface area contributed by atoms with Crippen LogP contribution in [0.4, 0.5) is 0 Å². The van der Waals surface area contributed by atoms with Crippen LogP contribution in [-0.4, -0.2) is 10.7 Å². The topological polar surface area (TPSA) is 38.9 Å². The molecular formula is C12H22N2S2. The summed E-state index contributed by atoms with van der Waals surface area (Å²) in [7, 11) is 0. The lowest BCUT2D eigenvalue weighted by Crippen LogP contribution is -2.28. The highest BCUT2D eigenvalue weighted by Gasteiger charge is 2.22. The molecule has 0 unspecified atom stereocenters. The van der Waals surface area contributed by atoms with Gasteiger partial charge in [0.1, 0.15) is 5.01 Å². The summed E-state index contributed by atoms with van der Waals surface area (Å²) in [6, 6.07) is 0. The maximum absolute atomic E-state index is 6.19. The van der Waals surface area contributed by atoms with E-state index in [1.54, 1.807) is 11.3 Å². The van der Waals surface area contributed by atoms with Crippen LogP contribution in [0.15, 0.2) is 0 Å². The maximum Gasteiger partial charge on any atom is 0.103 e. The van der Waals surface area contributed by atoms with Crippen molar-refractivity contribution in [2.45, 2.75) is 51.8 Å². The molecule has 1 rings (SSSR count). The van der Waals surface area contributed by atoms with E-state index < -0.39 is 0 Å². The third kappa shape index (κ3) is 3.75. The molecule has 0 saturated carbocycles. The second-order valence-electron chi connectivity index (χ2n) is 4.49. The standard InChI is InChI=1S/C12H22N2S2/c1-5-7-9-11(12(3,4)13)16-10(14-9)8-15-6-2/h5-8,13H2,1-4H3. The Kier molecular flexibility index (Phi) is 5.28. The molecule has 0 aliphatic carbocycles. The van der Waals surface area contributed by atoms with E-state index in [-0.39, 0.29) is 5.54 Å². The zero-order valence-corrected chi connectivity index (χ0v) is 12.3. The summed E-state index contributed by atoms with van der Waals surface area (Å²) in [6.07, 6.45) is 2.18. The number of hydrogen-bond acceptors (Lipinski definition) is 4. The number of nitrogens with two attached hydrogens (primary N) is 1. The van der Waals surface area contributed by atoms with Crippen LogP contribution in [0.1, 0.15) is 49.7 Å². The lowest BCUT2D eigenvalue weighted by molar-refractivity contribution is 0.557. The van der Waals surface area contributed by atoms with Crippen molar-refractivity contribution in [2.24, 2.45) is 5.73 Å². The molecule has 0 saturated heterocycles. The van der Waals surface area contributed by atoms with Gasteiger partial charge >= 0.3 is 0 Å². The Bertz CT molecular complexity index is 326. The number of hydrogen-bond donors (Lipinski definition) is 1. The first-order valence-electron chi connectivity index (χ1n) is 5.84. The molecule has 4 heteroatoms. The smallest absolute Gasteiger partial charge is 0.103 e. The highest BCUT2D eigenvalue weighted by Crippen LogP contribution is 2.30. The summed E-state index contributed by atoms with van der Waals surface area (Å²) in [4.78, 5) is 5.99. The van der Waals surface area contributed by atoms with Crippen molar-refractivity contribution in [1.82, 2.24) is 4.98 Å². The molecule has 92 valence electrons. The van der Waals surface area contributed by atoms with Gasteiger partial charge in [0.25, 0.3) is 0 Å². The van der Waals surface area contributed by atoms with E-state index in [1.165, 1.54) is 15.6 Å². The van der Waals surface area contributed by atoms with Gasteiger partial charge in [-0.25, -0.2) is 4.98 Å². The Hall–Kier alpha value is -0.0600. The molecule has 1 aromatic heterocycles. The number of thioether (sulfide) groups is 1. The Morgan fingerprint density at radius 1 is 1.38 bits per heavy atom. The van der Waals surface area contributed by atoms with Crippen LogP contribution in [0.25, 0.3) is 0 Å². The molecule has 0 aliphatic heterocycles. The minimum atomic E-state index is -0.253. The Morgan fingerprint density at radius 2 is 2.06 bits per heavy atom. The zero-order valence-electron chi connectivity index (χ0n) is 10.7. The second-order valence-corrected chi connectivity index (χ2v) is 6.85. The molecule has 0 atom stereocenters. The molecule has 0 fully saturated rings. The first-order valence-corrected chi connectivity index (χ1v) is 7.81. The van der Waals surface area contributed by atoms with Crippen molar-refractivity contribution in [3.8, 4) is 0 Å². The molecule has 1 aromatic rings. The molecule has 0 amide bonds. The van der Waals surface area contributed by atoms with Crippen molar-refractivity contribution in [1.29, 1.82) is 0 Å². The minimum absolute atomic E-state index is 0.253. The van der Waals surface area contributed by atoms with Gasteiger partial charge in [-0.2, -0.15) is 11.8 Å². The predicted octanol–water partition coefficient (Wildman–Crippen LogP) is 3.54. The van der Waals surface area contributed by atoms with Crippen molar-refractivity contribution in [2.75, 3.05) is 5.75 Å². The van der Waals surface area contributed by atoms with Crippen LogP contribution in [0, 0.1) is 0 Å². The van der Waals surface area contributed by atoms with Gasteiger partial charge in [0.05, 0.1) is 5.69 Å². The molecule has 0 aromatic carbocycles. The van der Waals surface area contributed by atoms with Crippen molar-refractivity contribution >= 4 is 23.1 Å². The van der Waals surface area contributed by atoms with Gasteiger partial charge in [-0.3, -0.25) is 0 Å². The van der Waals surface area contributed by atoms with Crippen LogP contribution in [-0.2, 0) is 17.7 Å². The number of rotatable bonds is 6. The van der Waals surface area contributed by atoms with Crippen molar-refractivity contribution in [3.63, 3.8) is 0 Å². The average Bonchev–Trinajstić information content (AvgIpc) is 2.58. The quantitative estimate of drug-likeness (QED) is 0.848. The van der Waals surface area contributed by atoms with Crippen LogP contribution in [0.2, 0.25) is 0 Å². The minimum Gasteiger partial charge on any atom is -0.321 e. The zero-order chi connectivity index (χ0) is 12.2. The summed E-state index contributed by atoms with van der Waals surface area (Å²) in [5, 5.41) is 1.23. The molecule has 2 N–H and O–H groups in total. The highest BCUT2D eigenvalue weighted by atomic mass is 32.2. The third-order valence-corrected chi connectivity index (χ3v) is 4.75.